The molecule has 0 N–H and O–H groups in total. The highest BCUT2D eigenvalue weighted by molar-refractivity contribution is 6.30. The Bertz CT molecular complexity index is 587. The Hall–Kier alpha value is -1.69. The van der Waals surface area contributed by atoms with Crippen LogP contribution in [-0.2, 0) is 0 Å². The maximum Gasteiger partial charge on any atom is 0.125 e. The minimum Gasteiger partial charge on any atom is -0.486 e. The second kappa shape index (κ2) is 7.19. The van der Waals surface area contributed by atoms with Gasteiger partial charge in [-0.15, -0.1) is 11.6 Å². The molecule has 102 valence electrons. The van der Waals surface area contributed by atoms with E-state index in [1.807, 2.05) is 24.3 Å². The molecule has 1 unspecified atom stereocenters. The normalized spacial score (nSPS) is 11.7. The summed E-state index contributed by atoms with van der Waals surface area (Å²) in [6, 6.07) is 16.7. The summed E-state index contributed by atoms with van der Waals surface area (Å²) in [5, 5.41) is 9.47. The van der Waals surface area contributed by atoms with Crippen LogP contribution in [0.25, 0.3) is 0 Å². The van der Waals surface area contributed by atoms with Crippen LogP contribution >= 0.6 is 23.2 Å². The smallest absolute Gasteiger partial charge is 0.125 e. The molecule has 0 spiro atoms. The molecule has 20 heavy (non-hydrogen) atoms. The van der Waals surface area contributed by atoms with Crippen LogP contribution in [-0.4, -0.2) is 5.88 Å². The fourth-order valence-corrected chi connectivity index (χ4v) is 2.17. The second-order valence-electron chi connectivity index (χ2n) is 4.27. The van der Waals surface area contributed by atoms with Crippen LogP contribution < -0.4 is 4.74 Å². The number of hydrogen-bond donors (Lipinski definition) is 0. The van der Waals surface area contributed by atoms with Crippen molar-refractivity contribution in [3.05, 3.63) is 64.7 Å². The summed E-state index contributed by atoms with van der Waals surface area (Å²) >= 11 is 11.7. The SMILES string of the molecule is N#Cc1ccc(OC(CCCl)c2ccc(Cl)cc2)cc1. The Balaban J connectivity index is 2.16. The second-order valence-corrected chi connectivity index (χ2v) is 5.09. The zero-order chi connectivity index (χ0) is 14.4. The molecule has 1 atom stereocenters. The molecule has 2 aromatic rings. The molecule has 2 nitrogen and oxygen atoms in total. The van der Waals surface area contributed by atoms with Crippen molar-refractivity contribution in [1.82, 2.24) is 0 Å². The van der Waals surface area contributed by atoms with Gasteiger partial charge in [-0.2, -0.15) is 5.26 Å². The average molecular weight is 306 g/mol. The van der Waals surface area contributed by atoms with Gasteiger partial charge in [-0.3, -0.25) is 0 Å². The first-order valence-electron chi connectivity index (χ1n) is 6.21. The van der Waals surface area contributed by atoms with E-state index < -0.39 is 0 Å². The van der Waals surface area contributed by atoms with Gasteiger partial charge in [0, 0.05) is 17.3 Å². The van der Waals surface area contributed by atoms with Crippen molar-refractivity contribution in [3.63, 3.8) is 0 Å². The van der Waals surface area contributed by atoms with Gasteiger partial charge in [-0.05, 0) is 42.0 Å². The highest BCUT2D eigenvalue weighted by Gasteiger charge is 2.13. The summed E-state index contributed by atoms with van der Waals surface area (Å²) < 4.78 is 5.94. The highest BCUT2D eigenvalue weighted by atomic mass is 35.5. The van der Waals surface area contributed by atoms with Gasteiger partial charge in [0.1, 0.15) is 11.9 Å². The van der Waals surface area contributed by atoms with Crippen molar-refractivity contribution in [1.29, 1.82) is 5.26 Å². The van der Waals surface area contributed by atoms with Crippen molar-refractivity contribution < 1.29 is 4.74 Å². The van der Waals surface area contributed by atoms with Gasteiger partial charge in [0.2, 0.25) is 0 Å². The first-order chi connectivity index (χ1) is 9.72. The van der Waals surface area contributed by atoms with Crippen molar-refractivity contribution in [2.75, 3.05) is 5.88 Å². The molecule has 0 aromatic heterocycles. The predicted molar refractivity (Wildman–Crippen MR) is 81.3 cm³/mol. The third kappa shape index (κ3) is 3.90. The van der Waals surface area contributed by atoms with Crippen molar-refractivity contribution in [2.24, 2.45) is 0 Å². The number of halogens is 2. The monoisotopic (exact) mass is 305 g/mol. The Morgan fingerprint density at radius 3 is 2.25 bits per heavy atom. The van der Waals surface area contributed by atoms with E-state index in [0.29, 0.717) is 28.6 Å². The van der Waals surface area contributed by atoms with Gasteiger partial charge in [-0.25, -0.2) is 0 Å². The quantitative estimate of drug-likeness (QED) is 0.731. The average Bonchev–Trinajstić information content (AvgIpc) is 2.48. The molecule has 0 fully saturated rings. The van der Waals surface area contributed by atoms with Crippen molar-refractivity contribution >= 4 is 23.2 Å². The highest BCUT2D eigenvalue weighted by Crippen LogP contribution is 2.26. The van der Waals surface area contributed by atoms with Crippen LogP contribution in [0.3, 0.4) is 0 Å². The maximum absolute atomic E-state index is 8.78. The summed E-state index contributed by atoms with van der Waals surface area (Å²) in [7, 11) is 0. The third-order valence-electron chi connectivity index (χ3n) is 2.87. The molecule has 0 saturated heterocycles. The zero-order valence-electron chi connectivity index (χ0n) is 10.7. The van der Waals surface area contributed by atoms with Gasteiger partial charge in [-0.1, -0.05) is 23.7 Å². The lowest BCUT2D eigenvalue weighted by atomic mass is 10.1. The molecule has 2 aromatic carbocycles. The standard InChI is InChI=1S/C16H13Cl2NO/c17-10-9-16(13-3-5-14(18)6-4-13)20-15-7-1-12(11-19)2-8-15/h1-8,16H,9-10H2. The molecular weight excluding hydrogens is 293 g/mol. The molecule has 0 aliphatic carbocycles. The molecule has 0 aliphatic heterocycles. The molecule has 0 bridgehead atoms. The van der Waals surface area contributed by atoms with Crippen LogP contribution in [0.1, 0.15) is 23.7 Å². The van der Waals surface area contributed by atoms with Gasteiger partial charge in [0.15, 0.2) is 0 Å². The van der Waals surface area contributed by atoms with Crippen LogP contribution in [0.5, 0.6) is 5.75 Å². The number of benzene rings is 2. The predicted octanol–water partition coefficient (Wildman–Crippen LogP) is 4.96. The maximum atomic E-state index is 8.78. The van der Waals surface area contributed by atoms with E-state index in [-0.39, 0.29) is 6.10 Å². The Labute approximate surface area is 128 Å². The van der Waals surface area contributed by atoms with Crippen LogP contribution in [0, 0.1) is 11.3 Å². The Kier molecular flexibility index (Phi) is 5.29. The fraction of sp³-hybridized carbons (Fsp3) is 0.188. The summed E-state index contributed by atoms with van der Waals surface area (Å²) in [6.07, 6.45) is 0.570. The van der Waals surface area contributed by atoms with Crippen LogP contribution in [0.2, 0.25) is 5.02 Å². The van der Waals surface area contributed by atoms with Crippen molar-refractivity contribution in [3.8, 4) is 11.8 Å². The summed E-state index contributed by atoms with van der Waals surface area (Å²) in [5.41, 5.74) is 1.64. The minimum absolute atomic E-state index is 0.127. The molecule has 0 saturated carbocycles. The van der Waals surface area contributed by atoms with Crippen LogP contribution in [0.15, 0.2) is 48.5 Å². The number of nitrogens with zero attached hydrogens (tertiary/aromatic N) is 1. The van der Waals surface area contributed by atoms with E-state index in [9.17, 15) is 0 Å². The van der Waals surface area contributed by atoms with E-state index in [2.05, 4.69) is 6.07 Å². The first kappa shape index (κ1) is 14.7. The van der Waals surface area contributed by atoms with E-state index in [0.717, 1.165) is 5.56 Å². The summed E-state index contributed by atoms with van der Waals surface area (Å²) in [4.78, 5) is 0. The van der Waals surface area contributed by atoms with Crippen LogP contribution in [0.4, 0.5) is 0 Å². The van der Waals surface area contributed by atoms with E-state index in [1.165, 1.54) is 0 Å². The lowest BCUT2D eigenvalue weighted by Crippen LogP contribution is -2.08. The minimum atomic E-state index is -0.127. The van der Waals surface area contributed by atoms with E-state index >= 15 is 0 Å². The Morgan fingerprint density at radius 2 is 1.70 bits per heavy atom. The first-order valence-corrected chi connectivity index (χ1v) is 7.12. The number of alkyl halides is 1. The number of ether oxygens (including phenoxy) is 1. The molecule has 2 rings (SSSR count). The van der Waals surface area contributed by atoms with E-state index in [4.69, 9.17) is 33.2 Å². The summed E-state index contributed by atoms with van der Waals surface area (Å²) in [5.74, 6) is 1.22. The largest absolute Gasteiger partial charge is 0.486 e. The number of rotatable bonds is 5. The van der Waals surface area contributed by atoms with Gasteiger partial charge in [0.05, 0.1) is 11.6 Å². The topological polar surface area (TPSA) is 33.0 Å². The van der Waals surface area contributed by atoms with Gasteiger partial charge < -0.3 is 4.74 Å². The lowest BCUT2D eigenvalue weighted by molar-refractivity contribution is 0.202. The number of hydrogen-bond acceptors (Lipinski definition) is 2. The lowest BCUT2D eigenvalue weighted by Gasteiger charge is -2.19. The zero-order valence-corrected chi connectivity index (χ0v) is 12.2. The molecule has 0 amide bonds. The van der Waals surface area contributed by atoms with Gasteiger partial charge in [0.25, 0.3) is 0 Å². The number of nitriles is 1. The molecule has 4 heteroatoms. The summed E-state index contributed by atoms with van der Waals surface area (Å²) in [6.45, 7) is 0. The third-order valence-corrected chi connectivity index (χ3v) is 3.35. The molecular formula is C16H13Cl2NO. The Morgan fingerprint density at radius 1 is 1.05 bits per heavy atom. The van der Waals surface area contributed by atoms with E-state index in [1.54, 1.807) is 24.3 Å². The molecule has 0 radical (unpaired) electrons. The van der Waals surface area contributed by atoms with Gasteiger partial charge >= 0.3 is 0 Å². The molecule has 0 aliphatic rings. The molecule has 0 heterocycles. The fourth-order valence-electron chi connectivity index (χ4n) is 1.84. The van der Waals surface area contributed by atoms with Crippen molar-refractivity contribution in [2.45, 2.75) is 12.5 Å².